The largest absolute Gasteiger partial charge is 0.483 e. The van der Waals surface area contributed by atoms with E-state index in [1.54, 1.807) is 18.6 Å². The summed E-state index contributed by atoms with van der Waals surface area (Å²) in [5.74, 6) is 0.984. The Morgan fingerprint density at radius 3 is 2.60 bits per heavy atom. The summed E-state index contributed by atoms with van der Waals surface area (Å²) >= 11 is 1.40. The first-order valence-corrected chi connectivity index (χ1v) is 11.9. The number of aromatic nitrogens is 4. The first kappa shape index (κ1) is 24.2. The van der Waals surface area contributed by atoms with E-state index in [1.807, 2.05) is 51.1 Å². The van der Waals surface area contributed by atoms with Gasteiger partial charge in [-0.05, 0) is 50.6 Å². The van der Waals surface area contributed by atoms with Crippen LogP contribution < -0.4 is 16.4 Å². The van der Waals surface area contributed by atoms with Gasteiger partial charge in [0.2, 0.25) is 0 Å². The van der Waals surface area contributed by atoms with Gasteiger partial charge in [0.25, 0.3) is 0 Å². The number of fused-ring (bicyclic) bond motifs is 1. The van der Waals surface area contributed by atoms with Gasteiger partial charge < -0.3 is 15.8 Å². The van der Waals surface area contributed by atoms with Crippen LogP contribution in [0.3, 0.4) is 0 Å². The Balaban J connectivity index is 1.75. The summed E-state index contributed by atoms with van der Waals surface area (Å²) in [5, 5.41) is 6.02. The number of urea groups is 1. The number of nitrogens with one attached hydrogen (secondary N) is 2. The van der Waals surface area contributed by atoms with E-state index in [0.29, 0.717) is 23.3 Å². The lowest BCUT2D eigenvalue weighted by Gasteiger charge is -2.25. The Hall–Kier alpha value is -3.89. The van der Waals surface area contributed by atoms with Crippen LogP contribution in [0.15, 0.2) is 61.3 Å². The minimum absolute atomic E-state index is 0.225. The Morgan fingerprint density at radius 2 is 1.94 bits per heavy atom. The van der Waals surface area contributed by atoms with E-state index in [2.05, 4.69) is 37.1 Å². The average Bonchev–Trinajstić information content (AvgIpc) is 3.26. The minimum atomic E-state index is -0.771. The van der Waals surface area contributed by atoms with E-state index < -0.39 is 5.60 Å². The molecule has 3 aromatic heterocycles. The molecule has 0 atom stereocenters. The molecule has 35 heavy (non-hydrogen) atoms. The van der Waals surface area contributed by atoms with Gasteiger partial charge in [-0.15, -0.1) is 0 Å². The molecule has 9 nitrogen and oxygen atoms in total. The van der Waals surface area contributed by atoms with Crippen molar-refractivity contribution in [2.75, 3.05) is 18.4 Å². The lowest BCUT2D eigenvalue weighted by molar-refractivity contribution is 0.0235. The van der Waals surface area contributed by atoms with Crippen LogP contribution in [0.5, 0.6) is 0 Å². The van der Waals surface area contributed by atoms with Gasteiger partial charge in [-0.3, -0.25) is 10.3 Å². The Bertz CT molecular complexity index is 1350. The third-order valence-corrected chi connectivity index (χ3v) is 6.16. The van der Waals surface area contributed by atoms with E-state index in [-0.39, 0.29) is 12.6 Å². The van der Waals surface area contributed by atoms with Crippen molar-refractivity contribution in [1.29, 1.82) is 0 Å². The van der Waals surface area contributed by atoms with Crippen LogP contribution >= 0.6 is 11.3 Å². The molecule has 0 bridgehead atoms. The fourth-order valence-corrected chi connectivity index (χ4v) is 4.47. The summed E-state index contributed by atoms with van der Waals surface area (Å²) in [6.07, 6.45) is 5.25. The summed E-state index contributed by atoms with van der Waals surface area (Å²) in [5.41, 5.74) is 8.98. The second-order valence-electron chi connectivity index (χ2n) is 8.24. The molecule has 0 saturated heterocycles. The predicted molar refractivity (Wildman–Crippen MR) is 139 cm³/mol. The molecular formula is C25H27N7O2S. The van der Waals surface area contributed by atoms with Gasteiger partial charge in [0, 0.05) is 36.3 Å². The van der Waals surface area contributed by atoms with Gasteiger partial charge in [0.1, 0.15) is 5.76 Å². The zero-order chi connectivity index (χ0) is 25.0. The topological polar surface area (TPSA) is 128 Å². The molecule has 0 aliphatic heterocycles. The molecule has 0 aliphatic rings. The highest BCUT2D eigenvalue weighted by atomic mass is 32.1. The van der Waals surface area contributed by atoms with E-state index in [9.17, 15) is 4.79 Å². The number of carbonyl (C=O) groups is 1. The number of amides is 2. The molecular weight excluding hydrogens is 462 g/mol. The second kappa shape index (κ2) is 10.2. The number of rotatable bonds is 8. The monoisotopic (exact) mass is 489 g/mol. The van der Waals surface area contributed by atoms with Gasteiger partial charge in [-0.1, -0.05) is 24.0 Å². The third kappa shape index (κ3) is 5.44. The van der Waals surface area contributed by atoms with Crippen molar-refractivity contribution in [1.82, 2.24) is 25.3 Å². The van der Waals surface area contributed by atoms with Crippen LogP contribution in [-0.4, -0.2) is 39.1 Å². The van der Waals surface area contributed by atoms with Gasteiger partial charge in [-0.2, -0.15) is 0 Å². The lowest BCUT2D eigenvalue weighted by Crippen LogP contribution is -2.28. The zero-order valence-corrected chi connectivity index (χ0v) is 20.6. The summed E-state index contributed by atoms with van der Waals surface area (Å²) in [6, 6.07) is 9.45. The number of pyridine rings is 1. The predicted octanol–water partition coefficient (Wildman–Crippen LogP) is 4.68. The van der Waals surface area contributed by atoms with Gasteiger partial charge in [0.15, 0.2) is 16.6 Å². The standard InChI is InChI=1S/C25H27N7O2S/c1-5-27-23(33)32-24-31-20-11-16(10-18(21(20)35-24)19-8-6-7-9-28-19)17-13-29-22(30-14-17)25(3,4)34-15(2)12-26/h6-11,13-14H,2,5,12,26H2,1,3-4H3,(H2,27,31,32,33). The summed E-state index contributed by atoms with van der Waals surface area (Å²) in [7, 11) is 0. The lowest BCUT2D eigenvalue weighted by atomic mass is 10.0. The number of nitrogens with two attached hydrogens (primary N) is 1. The van der Waals surface area contributed by atoms with Crippen molar-refractivity contribution in [3.8, 4) is 22.4 Å². The van der Waals surface area contributed by atoms with Crippen molar-refractivity contribution < 1.29 is 9.53 Å². The summed E-state index contributed by atoms with van der Waals surface area (Å²) in [6.45, 7) is 10.1. The number of anilines is 1. The molecule has 0 spiro atoms. The molecule has 1 aromatic carbocycles. The maximum absolute atomic E-state index is 12.0. The number of thiazole rings is 1. The van der Waals surface area contributed by atoms with Crippen LogP contribution in [-0.2, 0) is 10.3 Å². The highest BCUT2D eigenvalue weighted by Crippen LogP contribution is 2.38. The van der Waals surface area contributed by atoms with Crippen LogP contribution in [0.1, 0.15) is 26.6 Å². The Labute approximate surface area is 207 Å². The van der Waals surface area contributed by atoms with Crippen LogP contribution in [0.4, 0.5) is 9.93 Å². The van der Waals surface area contributed by atoms with Crippen LogP contribution in [0.2, 0.25) is 0 Å². The van der Waals surface area contributed by atoms with Crippen molar-refractivity contribution in [3.05, 3.63) is 67.1 Å². The molecule has 4 aromatic rings. The summed E-state index contributed by atoms with van der Waals surface area (Å²) < 4.78 is 6.73. The SMILES string of the molecule is C=C(CN)OC(C)(C)c1ncc(-c2cc(-c3ccccn3)c3sc(NC(=O)NCC)nc3c2)cn1. The second-order valence-corrected chi connectivity index (χ2v) is 9.24. The molecule has 0 unspecified atom stereocenters. The molecule has 0 aliphatic carbocycles. The normalized spacial score (nSPS) is 11.3. The van der Waals surface area contributed by atoms with Crippen LogP contribution in [0.25, 0.3) is 32.6 Å². The van der Waals surface area contributed by atoms with Crippen LogP contribution in [0, 0.1) is 0 Å². The van der Waals surface area contributed by atoms with Crippen molar-refractivity contribution in [2.24, 2.45) is 5.73 Å². The van der Waals surface area contributed by atoms with E-state index in [4.69, 9.17) is 10.5 Å². The maximum atomic E-state index is 12.0. The Kier molecular flexibility index (Phi) is 7.04. The zero-order valence-electron chi connectivity index (χ0n) is 19.8. The van der Waals surface area contributed by atoms with E-state index in [0.717, 1.165) is 32.6 Å². The average molecular weight is 490 g/mol. The first-order valence-electron chi connectivity index (χ1n) is 11.1. The first-order chi connectivity index (χ1) is 16.8. The molecule has 2 amide bonds. The minimum Gasteiger partial charge on any atom is -0.483 e. The fraction of sp³-hybridized carbons (Fsp3) is 0.240. The number of hydrogen-bond acceptors (Lipinski definition) is 8. The molecule has 3 heterocycles. The molecule has 180 valence electrons. The number of benzene rings is 1. The molecule has 0 radical (unpaired) electrons. The van der Waals surface area contributed by atoms with Crippen molar-refractivity contribution in [2.45, 2.75) is 26.4 Å². The molecule has 0 saturated carbocycles. The van der Waals surface area contributed by atoms with E-state index in [1.165, 1.54) is 11.3 Å². The molecule has 10 heteroatoms. The highest BCUT2D eigenvalue weighted by Gasteiger charge is 2.26. The van der Waals surface area contributed by atoms with Crippen molar-refractivity contribution >= 4 is 32.7 Å². The third-order valence-electron chi connectivity index (χ3n) is 5.14. The number of nitrogens with zero attached hydrogens (tertiary/aromatic N) is 4. The van der Waals surface area contributed by atoms with E-state index >= 15 is 0 Å². The summed E-state index contributed by atoms with van der Waals surface area (Å²) in [4.78, 5) is 30.3. The van der Waals surface area contributed by atoms with Gasteiger partial charge in [0.05, 0.1) is 22.5 Å². The highest BCUT2D eigenvalue weighted by molar-refractivity contribution is 7.22. The van der Waals surface area contributed by atoms with Gasteiger partial charge in [-0.25, -0.2) is 19.7 Å². The van der Waals surface area contributed by atoms with Gasteiger partial charge >= 0.3 is 6.03 Å². The Morgan fingerprint density at radius 1 is 1.17 bits per heavy atom. The molecule has 4 rings (SSSR count). The number of carbonyl (C=O) groups excluding carboxylic acids is 1. The smallest absolute Gasteiger partial charge is 0.321 e. The molecule has 0 fully saturated rings. The number of hydrogen-bond donors (Lipinski definition) is 3. The maximum Gasteiger partial charge on any atom is 0.321 e. The van der Waals surface area contributed by atoms with Crippen molar-refractivity contribution in [3.63, 3.8) is 0 Å². The molecule has 4 N–H and O–H groups in total. The fourth-order valence-electron chi connectivity index (χ4n) is 3.50. The number of ether oxygens (including phenoxy) is 1. The quantitative estimate of drug-likeness (QED) is 0.307.